The zero-order valence-electron chi connectivity index (χ0n) is 16.8. The number of hydrogen-bond donors (Lipinski definition) is 1. The van der Waals surface area contributed by atoms with E-state index in [-0.39, 0.29) is 16.5 Å². The Labute approximate surface area is 174 Å². The van der Waals surface area contributed by atoms with Crippen molar-refractivity contribution in [2.24, 2.45) is 0 Å². The number of carbonyl (C=O) groups excluding carboxylic acids is 1. The number of aryl methyl sites for hydroxylation is 2. The van der Waals surface area contributed by atoms with Crippen molar-refractivity contribution in [3.8, 4) is 0 Å². The van der Waals surface area contributed by atoms with Gasteiger partial charge in [-0.05, 0) is 55.5 Å². The van der Waals surface area contributed by atoms with Crippen LogP contribution >= 0.6 is 0 Å². The van der Waals surface area contributed by atoms with Crippen molar-refractivity contribution >= 4 is 28.2 Å². The number of nitro benzene ring substituents is 1. The minimum absolute atomic E-state index is 0.0568. The van der Waals surface area contributed by atoms with Crippen LogP contribution in [0.2, 0.25) is 0 Å². The Morgan fingerprint density at radius 1 is 1.00 bits per heavy atom. The number of nitrogens with zero attached hydrogens (tertiary/aromatic N) is 3. The fraction of sp³-hybridized carbons (Fsp3) is 0.348. The first kappa shape index (κ1) is 18.7. The van der Waals surface area contributed by atoms with Gasteiger partial charge in [-0.3, -0.25) is 14.9 Å². The summed E-state index contributed by atoms with van der Waals surface area (Å²) in [6, 6.07) is 12.7. The van der Waals surface area contributed by atoms with E-state index in [0.29, 0.717) is 26.2 Å². The van der Waals surface area contributed by atoms with Gasteiger partial charge in [0.25, 0.3) is 11.6 Å². The highest BCUT2D eigenvalue weighted by Gasteiger charge is 2.24. The first-order valence-corrected chi connectivity index (χ1v) is 10.5. The number of anilines is 1. The number of rotatable bonds is 3. The largest absolute Gasteiger partial charge is 0.368 e. The van der Waals surface area contributed by atoms with Gasteiger partial charge in [-0.25, -0.2) is 0 Å². The van der Waals surface area contributed by atoms with Gasteiger partial charge in [0.15, 0.2) is 0 Å². The molecular weight excluding hydrogens is 380 g/mol. The van der Waals surface area contributed by atoms with E-state index in [9.17, 15) is 14.9 Å². The van der Waals surface area contributed by atoms with Crippen LogP contribution in [0, 0.1) is 10.1 Å². The molecule has 30 heavy (non-hydrogen) atoms. The van der Waals surface area contributed by atoms with Gasteiger partial charge in [0.05, 0.1) is 4.92 Å². The molecule has 1 amide bonds. The normalized spacial score (nSPS) is 16.5. The molecule has 1 aliphatic heterocycles. The fourth-order valence-corrected chi connectivity index (χ4v) is 4.69. The summed E-state index contributed by atoms with van der Waals surface area (Å²) >= 11 is 0. The Hall–Kier alpha value is -3.35. The summed E-state index contributed by atoms with van der Waals surface area (Å²) in [7, 11) is 0. The van der Waals surface area contributed by atoms with E-state index in [1.54, 1.807) is 12.1 Å². The maximum atomic E-state index is 13.1. The number of benzene rings is 2. The van der Waals surface area contributed by atoms with E-state index in [1.807, 2.05) is 29.2 Å². The van der Waals surface area contributed by atoms with Gasteiger partial charge < -0.3 is 14.8 Å². The van der Waals surface area contributed by atoms with Crippen LogP contribution in [0.25, 0.3) is 10.9 Å². The second kappa shape index (κ2) is 7.48. The number of amides is 1. The lowest BCUT2D eigenvalue weighted by atomic mass is 9.95. The monoisotopic (exact) mass is 404 g/mol. The number of fused-ring (bicyclic) bond motifs is 3. The van der Waals surface area contributed by atoms with Crippen molar-refractivity contribution in [3.05, 3.63) is 69.4 Å². The molecule has 0 radical (unpaired) electrons. The smallest absolute Gasteiger partial charge is 0.271 e. The average Bonchev–Trinajstić information content (AvgIpc) is 3.17. The van der Waals surface area contributed by atoms with Crippen molar-refractivity contribution in [2.75, 3.05) is 31.1 Å². The van der Waals surface area contributed by atoms with Crippen molar-refractivity contribution in [1.29, 1.82) is 0 Å². The van der Waals surface area contributed by atoms with Gasteiger partial charge in [0.2, 0.25) is 0 Å². The fourth-order valence-electron chi connectivity index (χ4n) is 4.69. The zero-order chi connectivity index (χ0) is 20.7. The number of piperazine rings is 1. The van der Waals surface area contributed by atoms with Gasteiger partial charge in [0, 0.05) is 66.2 Å². The Bertz CT molecular complexity index is 1130. The maximum Gasteiger partial charge on any atom is 0.271 e. The van der Waals surface area contributed by atoms with Crippen LogP contribution < -0.4 is 4.90 Å². The summed E-state index contributed by atoms with van der Waals surface area (Å²) in [6.45, 7) is 2.53. The Balaban J connectivity index is 1.31. The van der Waals surface area contributed by atoms with Crippen LogP contribution in [0.3, 0.4) is 0 Å². The zero-order valence-corrected chi connectivity index (χ0v) is 16.8. The number of non-ortho nitro benzene ring substituents is 1. The number of H-pyrrole nitrogens is 1. The van der Waals surface area contributed by atoms with Gasteiger partial charge in [-0.15, -0.1) is 0 Å². The molecule has 5 rings (SSSR count). The molecule has 1 N–H and O–H groups in total. The lowest BCUT2D eigenvalue weighted by Gasteiger charge is -2.36. The summed E-state index contributed by atoms with van der Waals surface area (Å²) in [4.78, 5) is 31.3. The molecule has 2 aromatic carbocycles. The molecule has 0 saturated carbocycles. The molecule has 0 atom stereocenters. The van der Waals surface area contributed by atoms with Gasteiger partial charge in [-0.1, -0.05) is 6.07 Å². The third-order valence-corrected chi connectivity index (χ3v) is 6.32. The number of carbonyl (C=O) groups is 1. The SMILES string of the molecule is O=C(c1ccc2[nH]c3c(c2c1)CCCC3)N1CCN(c2cccc([N+](=O)[O-])c2)CC1. The van der Waals surface area contributed by atoms with Crippen LogP contribution in [-0.4, -0.2) is 46.9 Å². The second-order valence-corrected chi connectivity index (χ2v) is 8.11. The highest BCUT2D eigenvalue weighted by atomic mass is 16.6. The number of aromatic amines is 1. The predicted molar refractivity (Wildman–Crippen MR) is 116 cm³/mol. The molecule has 1 saturated heterocycles. The molecular formula is C23H24N4O3. The van der Waals surface area contributed by atoms with Crippen molar-refractivity contribution in [3.63, 3.8) is 0 Å². The number of aromatic nitrogens is 1. The first-order valence-electron chi connectivity index (χ1n) is 10.5. The summed E-state index contributed by atoms with van der Waals surface area (Å²) in [5, 5.41) is 12.2. The molecule has 3 aromatic rings. The molecule has 0 spiro atoms. The van der Waals surface area contributed by atoms with Crippen LogP contribution in [-0.2, 0) is 12.8 Å². The van der Waals surface area contributed by atoms with Crippen molar-refractivity contribution < 1.29 is 9.72 Å². The summed E-state index contributed by atoms with van der Waals surface area (Å²) in [5.41, 5.74) is 5.48. The summed E-state index contributed by atoms with van der Waals surface area (Å²) in [5.74, 6) is 0.0568. The third-order valence-electron chi connectivity index (χ3n) is 6.32. The van der Waals surface area contributed by atoms with E-state index in [0.717, 1.165) is 29.6 Å². The first-order chi connectivity index (χ1) is 14.6. The molecule has 1 fully saturated rings. The van der Waals surface area contributed by atoms with Crippen molar-refractivity contribution in [1.82, 2.24) is 9.88 Å². The average molecular weight is 404 g/mol. The number of nitro groups is 1. The second-order valence-electron chi connectivity index (χ2n) is 8.11. The third kappa shape index (κ3) is 3.30. The highest BCUT2D eigenvalue weighted by molar-refractivity contribution is 5.99. The van der Waals surface area contributed by atoms with Crippen LogP contribution in [0.4, 0.5) is 11.4 Å². The highest BCUT2D eigenvalue weighted by Crippen LogP contribution is 2.30. The molecule has 1 aliphatic carbocycles. The molecule has 7 nitrogen and oxygen atoms in total. The van der Waals surface area contributed by atoms with E-state index in [4.69, 9.17) is 0 Å². The minimum atomic E-state index is -0.376. The Kier molecular flexibility index (Phi) is 4.65. The van der Waals surface area contributed by atoms with E-state index < -0.39 is 0 Å². The Morgan fingerprint density at radius 3 is 2.60 bits per heavy atom. The quantitative estimate of drug-likeness (QED) is 0.530. The summed E-state index contributed by atoms with van der Waals surface area (Å²) in [6.07, 6.45) is 4.60. The molecule has 1 aromatic heterocycles. The Morgan fingerprint density at radius 2 is 1.80 bits per heavy atom. The lowest BCUT2D eigenvalue weighted by Crippen LogP contribution is -2.48. The predicted octanol–water partition coefficient (Wildman–Crippen LogP) is 3.92. The van der Waals surface area contributed by atoms with Crippen molar-refractivity contribution in [2.45, 2.75) is 25.7 Å². The number of hydrogen-bond acceptors (Lipinski definition) is 4. The van der Waals surface area contributed by atoms with Gasteiger partial charge >= 0.3 is 0 Å². The summed E-state index contributed by atoms with van der Waals surface area (Å²) < 4.78 is 0. The lowest BCUT2D eigenvalue weighted by molar-refractivity contribution is -0.384. The molecule has 2 heterocycles. The van der Waals surface area contributed by atoms with Gasteiger partial charge in [0.1, 0.15) is 0 Å². The van der Waals surface area contributed by atoms with E-state index in [2.05, 4.69) is 9.88 Å². The molecule has 2 aliphatic rings. The molecule has 0 bridgehead atoms. The minimum Gasteiger partial charge on any atom is -0.368 e. The van der Waals surface area contributed by atoms with Crippen LogP contribution in [0.5, 0.6) is 0 Å². The molecule has 7 heteroatoms. The topological polar surface area (TPSA) is 82.5 Å². The van der Waals surface area contributed by atoms with E-state index in [1.165, 1.54) is 35.6 Å². The van der Waals surface area contributed by atoms with E-state index >= 15 is 0 Å². The molecule has 154 valence electrons. The van der Waals surface area contributed by atoms with Crippen LogP contribution in [0.1, 0.15) is 34.5 Å². The van der Waals surface area contributed by atoms with Gasteiger partial charge in [-0.2, -0.15) is 0 Å². The standard InChI is InChI=1S/C23H24N4O3/c28-23(16-8-9-22-20(14-16)19-6-1-2-7-21(19)24-22)26-12-10-25(11-13-26)17-4-3-5-18(15-17)27(29)30/h3-5,8-9,14-15,24H,1-2,6-7,10-13H2. The maximum absolute atomic E-state index is 13.1. The van der Waals surface area contributed by atoms with Crippen LogP contribution in [0.15, 0.2) is 42.5 Å². The molecule has 0 unspecified atom stereocenters. The number of nitrogens with one attached hydrogen (secondary N) is 1.